The zero-order chi connectivity index (χ0) is 22.9. The van der Waals surface area contributed by atoms with Crippen LogP contribution in [0.15, 0.2) is 53.4 Å². The fourth-order valence-electron chi connectivity index (χ4n) is 2.87. The molecule has 31 heavy (non-hydrogen) atoms. The number of sulfonamides is 1. The summed E-state index contributed by atoms with van der Waals surface area (Å²) in [5, 5.41) is 3.03. The van der Waals surface area contributed by atoms with Gasteiger partial charge in [0.05, 0.1) is 13.2 Å². The van der Waals surface area contributed by atoms with Crippen LogP contribution in [-0.4, -0.2) is 46.7 Å². The van der Waals surface area contributed by atoms with E-state index in [0.717, 1.165) is 5.56 Å². The molecule has 0 saturated heterocycles. The molecular formula is C22H29ClN2O5S. The maximum absolute atomic E-state index is 13.1. The number of hydrogen-bond acceptors (Lipinski definition) is 5. The summed E-state index contributed by atoms with van der Waals surface area (Å²) in [5.74, 6) is -0.278. The maximum Gasteiger partial charge on any atom is 0.245 e. The van der Waals surface area contributed by atoms with Crippen LogP contribution in [0.3, 0.4) is 0 Å². The standard InChI is InChI=1S/C22H29ClN2O5S/c1-16(2)30-13-7-12-24-22(26)19(14-17-8-5-4-6-9-17)25-31(27,28)21-15-18(23)10-11-20(21)29-3/h4-6,8-11,15-16,19,25H,7,12-14H2,1-3H3,(H,24,26)/t19-/m0/s1. The smallest absolute Gasteiger partial charge is 0.245 e. The van der Waals surface area contributed by atoms with Gasteiger partial charge in [0.1, 0.15) is 16.7 Å². The lowest BCUT2D eigenvalue weighted by atomic mass is 10.1. The van der Waals surface area contributed by atoms with E-state index in [9.17, 15) is 13.2 Å². The monoisotopic (exact) mass is 468 g/mol. The molecule has 0 aromatic heterocycles. The molecular weight excluding hydrogens is 440 g/mol. The van der Waals surface area contributed by atoms with Crippen LogP contribution in [-0.2, 0) is 26.0 Å². The van der Waals surface area contributed by atoms with Crippen LogP contribution in [0.2, 0.25) is 5.02 Å². The van der Waals surface area contributed by atoms with Gasteiger partial charge >= 0.3 is 0 Å². The highest BCUT2D eigenvalue weighted by Crippen LogP contribution is 2.27. The Morgan fingerprint density at radius 3 is 2.48 bits per heavy atom. The molecule has 0 saturated carbocycles. The van der Waals surface area contributed by atoms with Crippen molar-refractivity contribution in [2.45, 2.75) is 43.7 Å². The number of carbonyl (C=O) groups excluding carboxylic acids is 1. The Hall–Kier alpha value is -2.13. The molecule has 2 aromatic rings. The Labute approximate surface area is 189 Å². The van der Waals surface area contributed by atoms with Crippen LogP contribution in [0.1, 0.15) is 25.8 Å². The second-order valence-electron chi connectivity index (χ2n) is 7.22. The first kappa shape index (κ1) is 25.1. The van der Waals surface area contributed by atoms with Gasteiger partial charge in [-0.05, 0) is 50.5 Å². The lowest BCUT2D eigenvalue weighted by molar-refractivity contribution is -0.122. The molecule has 0 fully saturated rings. The average molecular weight is 469 g/mol. The highest BCUT2D eigenvalue weighted by atomic mass is 35.5. The van der Waals surface area contributed by atoms with Crippen LogP contribution < -0.4 is 14.8 Å². The highest BCUT2D eigenvalue weighted by Gasteiger charge is 2.28. The van der Waals surface area contributed by atoms with Crippen LogP contribution in [0, 0.1) is 0 Å². The average Bonchev–Trinajstić information content (AvgIpc) is 2.73. The largest absolute Gasteiger partial charge is 0.495 e. The number of rotatable bonds is 12. The highest BCUT2D eigenvalue weighted by molar-refractivity contribution is 7.89. The van der Waals surface area contributed by atoms with Crippen molar-refractivity contribution >= 4 is 27.5 Å². The number of ether oxygens (including phenoxy) is 2. The van der Waals surface area contributed by atoms with E-state index in [0.29, 0.717) is 19.6 Å². The third-order valence-electron chi connectivity index (χ3n) is 4.38. The molecule has 0 unspecified atom stereocenters. The van der Waals surface area contributed by atoms with Gasteiger partial charge in [0, 0.05) is 18.2 Å². The molecule has 1 atom stereocenters. The second kappa shape index (κ2) is 12.0. The topological polar surface area (TPSA) is 93.7 Å². The van der Waals surface area contributed by atoms with E-state index in [1.807, 2.05) is 44.2 Å². The molecule has 9 heteroatoms. The minimum absolute atomic E-state index is 0.112. The molecule has 1 amide bonds. The SMILES string of the molecule is COc1ccc(Cl)cc1S(=O)(=O)N[C@@H](Cc1ccccc1)C(=O)NCCCOC(C)C. The summed E-state index contributed by atoms with van der Waals surface area (Å²) in [4.78, 5) is 12.7. The molecule has 0 aliphatic rings. The van der Waals surface area contributed by atoms with Gasteiger partial charge in [-0.1, -0.05) is 41.9 Å². The summed E-state index contributed by atoms with van der Waals surface area (Å²) >= 11 is 5.99. The first-order valence-corrected chi connectivity index (χ1v) is 11.9. The summed E-state index contributed by atoms with van der Waals surface area (Å²) in [6, 6.07) is 12.5. The van der Waals surface area contributed by atoms with Crippen LogP contribution in [0.5, 0.6) is 5.75 Å². The van der Waals surface area contributed by atoms with Gasteiger partial charge in [0.2, 0.25) is 15.9 Å². The quantitative estimate of drug-likeness (QED) is 0.467. The summed E-state index contributed by atoms with van der Waals surface area (Å²) in [7, 11) is -2.71. The zero-order valence-corrected chi connectivity index (χ0v) is 19.5. The van der Waals surface area contributed by atoms with Crippen molar-refractivity contribution in [3.63, 3.8) is 0 Å². The van der Waals surface area contributed by atoms with Crippen molar-refractivity contribution in [1.82, 2.24) is 10.0 Å². The first-order valence-electron chi connectivity index (χ1n) is 10.0. The fraction of sp³-hybridized carbons (Fsp3) is 0.409. The molecule has 0 heterocycles. The number of halogens is 1. The Morgan fingerprint density at radius 1 is 1.13 bits per heavy atom. The fourth-order valence-corrected chi connectivity index (χ4v) is 4.50. The van der Waals surface area contributed by atoms with E-state index >= 15 is 0 Å². The number of hydrogen-bond donors (Lipinski definition) is 2. The van der Waals surface area contributed by atoms with Crippen molar-refractivity contribution < 1.29 is 22.7 Å². The minimum Gasteiger partial charge on any atom is -0.495 e. The van der Waals surface area contributed by atoms with Gasteiger partial charge in [-0.3, -0.25) is 4.79 Å². The van der Waals surface area contributed by atoms with Crippen molar-refractivity contribution in [2.75, 3.05) is 20.3 Å². The van der Waals surface area contributed by atoms with Crippen LogP contribution >= 0.6 is 11.6 Å². The number of nitrogens with one attached hydrogen (secondary N) is 2. The van der Waals surface area contributed by atoms with Crippen LogP contribution in [0.25, 0.3) is 0 Å². The van der Waals surface area contributed by atoms with Gasteiger partial charge in [-0.2, -0.15) is 4.72 Å². The molecule has 170 valence electrons. The zero-order valence-electron chi connectivity index (χ0n) is 17.9. The molecule has 2 N–H and O–H groups in total. The normalized spacial score (nSPS) is 12.5. The summed E-state index contributed by atoms with van der Waals surface area (Å²) in [6.07, 6.45) is 0.926. The third-order valence-corrected chi connectivity index (χ3v) is 6.11. The van der Waals surface area contributed by atoms with Crippen molar-refractivity contribution in [3.8, 4) is 5.75 Å². The number of benzene rings is 2. The van der Waals surface area contributed by atoms with Gasteiger partial charge in [-0.25, -0.2) is 8.42 Å². The Balaban J connectivity index is 2.18. The molecule has 7 nitrogen and oxygen atoms in total. The van der Waals surface area contributed by atoms with Crippen LogP contribution in [0.4, 0.5) is 0 Å². The lowest BCUT2D eigenvalue weighted by Crippen LogP contribution is -2.48. The predicted octanol–water partition coefficient (Wildman–Crippen LogP) is 3.17. The van der Waals surface area contributed by atoms with E-state index < -0.39 is 22.0 Å². The summed E-state index contributed by atoms with van der Waals surface area (Å²) in [6.45, 7) is 4.76. The van der Waals surface area contributed by atoms with Crippen molar-refractivity contribution in [2.24, 2.45) is 0 Å². The van der Waals surface area contributed by atoms with Gasteiger partial charge in [0.25, 0.3) is 0 Å². The van der Waals surface area contributed by atoms with Gasteiger partial charge in [0.15, 0.2) is 0 Å². The van der Waals surface area contributed by atoms with Crippen molar-refractivity contribution in [3.05, 3.63) is 59.1 Å². The van der Waals surface area contributed by atoms with E-state index in [1.54, 1.807) is 0 Å². The van der Waals surface area contributed by atoms with Crippen molar-refractivity contribution in [1.29, 1.82) is 0 Å². The third kappa shape index (κ3) is 8.14. The summed E-state index contributed by atoms with van der Waals surface area (Å²) < 4.78 is 39.3. The number of methoxy groups -OCH3 is 1. The Morgan fingerprint density at radius 2 is 1.84 bits per heavy atom. The number of carbonyl (C=O) groups is 1. The van der Waals surface area contributed by atoms with E-state index in [-0.39, 0.29) is 28.2 Å². The van der Waals surface area contributed by atoms with E-state index in [4.69, 9.17) is 21.1 Å². The lowest BCUT2D eigenvalue weighted by Gasteiger charge is -2.20. The Kier molecular flexibility index (Phi) is 9.77. The van der Waals surface area contributed by atoms with Gasteiger partial charge in [-0.15, -0.1) is 0 Å². The molecule has 2 rings (SSSR count). The molecule has 0 aliphatic heterocycles. The summed E-state index contributed by atoms with van der Waals surface area (Å²) in [5.41, 5.74) is 0.826. The second-order valence-corrected chi connectivity index (χ2v) is 9.34. The molecule has 2 aromatic carbocycles. The molecule has 0 bridgehead atoms. The maximum atomic E-state index is 13.1. The Bertz CT molecular complexity index is 952. The van der Waals surface area contributed by atoms with E-state index in [1.165, 1.54) is 25.3 Å². The molecule has 0 spiro atoms. The molecule has 0 aliphatic carbocycles. The minimum atomic E-state index is -4.08. The van der Waals surface area contributed by atoms with Gasteiger partial charge < -0.3 is 14.8 Å². The predicted molar refractivity (Wildman–Crippen MR) is 121 cm³/mol. The first-order chi connectivity index (χ1) is 14.7. The molecule has 0 radical (unpaired) electrons. The van der Waals surface area contributed by atoms with E-state index in [2.05, 4.69) is 10.0 Å². The number of amides is 1.